The highest BCUT2D eigenvalue weighted by atomic mass is 35.5. The van der Waals surface area contributed by atoms with Gasteiger partial charge >= 0.3 is 0 Å². The van der Waals surface area contributed by atoms with Gasteiger partial charge in [0.05, 0.1) is 5.92 Å². The molecule has 2 saturated carbocycles. The van der Waals surface area contributed by atoms with Gasteiger partial charge in [0.1, 0.15) is 0 Å². The molecule has 0 aromatic rings. The summed E-state index contributed by atoms with van der Waals surface area (Å²) in [6.45, 7) is 6.46. The fourth-order valence-corrected chi connectivity index (χ4v) is 4.38. The van der Waals surface area contributed by atoms with Crippen LogP contribution < -0.4 is 5.73 Å². The maximum Gasteiger partial charge on any atom is 0.227 e. The van der Waals surface area contributed by atoms with Crippen LogP contribution in [0.15, 0.2) is 0 Å². The van der Waals surface area contributed by atoms with Crippen LogP contribution >= 0.6 is 12.4 Å². The highest BCUT2D eigenvalue weighted by Gasteiger charge is 2.50. The first kappa shape index (κ1) is 15.1. The molecule has 3 fully saturated rings. The Hall–Kier alpha value is -0.280. The zero-order chi connectivity index (χ0) is 12.9. The molecule has 0 aromatic carbocycles. The number of fused-ring (bicyclic) bond motifs is 2. The molecule has 19 heavy (non-hydrogen) atoms. The lowest BCUT2D eigenvalue weighted by atomic mass is 9.82. The number of likely N-dealkylation sites (tertiary alicyclic amines) is 1. The lowest BCUT2D eigenvalue weighted by Gasteiger charge is -2.39. The van der Waals surface area contributed by atoms with Gasteiger partial charge < -0.3 is 10.6 Å². The Balaban J connectivity index is 0.00000133. The number of rotatable bonds is 1. The number of hydrogen-bond acceptors (Lipinski definition) is 2. The van der Waals surface area contributed by atoms with Gasteiger partial charge in [-0.2, -0.15) is 0 Å². The molecule has 1 saturated heterocycles. The highest BCUT2D eigenvalue weighted by Crippen LogP contribution is 2.48. The number of nitrogens with two attached hydrogens (primary N) is 1. The summed E-state index contributed by atoms with van der Waals surface area (Å²) in [5, 5.41) is 0. The highest BCUT2D eigenvalue weighted by molar-refractivity contribution is 5.85. The minimum absolute atomic E-state index is 0. The summed E-state index contributed by atoms with van der Waals surface area (Å²) in [5.74, 6) is 3.12. The summed E-state index contributed by atoms with van der Waals surface area (Å²) in [4.78, 5) is 14.8. The van der Waals surface area contributed by atoms with Gasteiger partial charge in [-0.05, 0) is 49.4 Å². The van der Waals surface area contributed by atoms with E-state index >= 15 is 0 Å². The first-order chi connectivity index (χ1) is 8.58. The van der Waals surface area contributed by atoms with Gasteiger partial charge in [0, 0.05) is 19.1 Å². The van der Waals surface area contributed by atoms with E-state index in [0.29, 0.717) is 23.7 Å². The molecular weight excluding hydrogens is 260 g/mol. The lowest BCUT2D eigenvalue weighted by molar-refractivity contribution is -0.140. The molecule has 3 aliphatic rings. The molecule has 3 rings (SSSR count). The van der Waals surface area contributed by atoms with Crippen LogP contribution in [-0.2, 0) is 4.79 Å². The monoisotopic (exact) mass is 286 g/mol. The van der Waals surface area contributed by atoms with Crippen LogP contribution in [0.3, 0.4) is 0 Å². The Morgan fingerprint density at radius 2 is 1.79 bits per heavy atom. The average Bonchev–Trinajstić information content (AvgIpc) is 2.92. The van der Waals surface area contributed by atoms with Crippen molar-refractivity contribution in [3.63, 3.8) is 0 Å². The van der Waals surface area contributed by atoms with E-state index in [-0.39, 0.29) is 24.4 Å². The van der Waals surface area contributed by atoms with E-state index < -0.39 is 0 Å². The second-order valence-electron chi connectivity index (χ2n) is 6.96. The molecule has 2 aliphatic carbocycles. The predicted molar refractivity (Wildman–Crippen MR) is 79.1 cm³/mol. The quantitative estimate of drug-likeness (QED) is 0.804. The second-order valence-corrected chi connectivity index (χ2v) is 6.96. The molecule has 0 radical (unpaired) electrons. The molecule has 0 aromatic heterocycles. The second kappa shape index (κ2) is 5.61. The third-order valence-corrected chi connectivity index (χ3v) is 5.91. The van der Waals surface area contributed by atoms with Gasteiger partial charge in [0.25, 0.3) is 0 Å². The van der Waals surface area contributed by atoms with Crippen LogP contribution in [0.1, 0.15) is 39.5 Å². The lowest BCUT2D eigenvalue weighted by Crippen LogP contribution is -2.50. The number of carbonyl (C=O) groups excluding carboxylic acids is 1. The Kier molecular flexibility index (Phi) is 4.46. The van der Waals surface area contributed by atoms with Crippen LogP contribution in [0.2, 0.25) is 0 Å². The zero-order valence-electron chi connectivity index (χ0n) is 12.0. The van der Waals surface area contributed by atoms with E-state index in [2.05, 4.69) is 18.7 Å². The Morgan fingerprint density at radius 3 is 2.37 bits per heavy atom. The van der Waals surface area contributed by atoms with Gasteiger partial charge in [-0.25, -0.2) is 0 Å². The fraction of sp³-hybridized carbons (Fsp3) is 0.933. The molecule has 0 spiro atoms. The minimum Gasteiger partial charge on any atom is -0.342 e. The smallest absolute Gasteiger partial charge is 0.227 e. The van der Waals surface area contributed by atoms with Crippen LogP contribution in [0.5, 0.6) is 0 Å². The third kappa shape index (κ3) is 2.52. The van der Waals surface area contributed by atoms with E-state index in [9.17, 15) is 4.79 Å². The fourth-order valence-electron chi connectivity index (χ4n) is 4.38. The molecule has 2 N–H and O–H groups in total. The number of nitrogens with zero attached hydrogens (tertiary/aromatic N) is 1. The van der Waals surface area contributed by atoms with E-state index in [4.69, 9.17) is 5.73 Å². The van der Waals surface area contributed by atoms with Gasteiger partial charge in [-0.3, -0.25) is 4.79 Å². The van der Waals surface area contributed by atoms with Crippen molar-refractivity contribution in [2.45, 2.75) is 45.6 Å². The van der Waals surface area contributed by atoms with Crippen molar-refractivity contribution in [3.05, 3.63) is 0 Å². The summed E-state index contributed by atoms with van der Waals surface area (Å²) in [5.41, 5.74) is 6.29. The van der Waals surface area contributed by atoms with Crippen LogP contribution in [0, 0.1) is 29.6 Å². The van der Waals surface area contributed by atoms with Crippen LogP contribution in [0.4, 0.5) is 0 Å². The van der Waals surface area contributed by atoms with Crippen molar-refractivity contribution in [1.29, 1.82) is 0 Å². The van der Waals surface area contributed by atoms with Crippen molar-refractivity contribution in [2.75, 3.05) is 13.1 Å². The van der Waals surface area contributed by atoms with Crippen molar-refractivity contribution in [3.8, 4) is 0 Å². The average molecular weight is 287 g/mol. The van der Waals surface area contributed by atoms with E-state index in [0.717, 1.165) is 25.4 Å². The summed E-state index contributed by atoms with van der Waals surface area (Å²) >= 11 is 0. The molecule has 3 nitrogen and oxygen atoms in total. The van der Waals surface area contributed by atoms with Gasteiger partial charge in [0.2, 0.25) is 5.91 Å². The first-order valence-electron chi connectivity index (χ1n) is 7.62. The van der Waals surface area contributed by atoms with Gasteiger partial charge in [0.15, 0.2) is 0 Å². The number of hydrogen-bond donors (Lipinski definition) is 1. The maximum atomic E-state index is 12.7. The van der Waals surface area contributed by atoms with Gasteiger partial charge in [-0.1, -0.05) is 13.8 Å². The SMILES string of the molecule is CC1CCN(C(=O)C2C3CCC(C3)C2N)CC1C.Cl. The van der Waals surface area contributed by atoms with E-state index in [1.807, 2.05) is 0 Å². The number of halogens is 1. The molecule has 2 bridgehead atoms. The molecule has 4 heteroatoms. The van der Waals surface area contributed by atoms with Crippen LogP contribution in [-0.4, -0.2) is 29.9 Å². The third-order valence-electron chi connectivity index (χ3n) is 5.91. The number of amides is 1. The van der Waals surface area contributed by atoms with Crippen molar-refractivity contribution >= 4 is 18.3 Å². The standard InChI is InChI=1S/C15H26N2O.ClH/c1-9-5-6-17(8-10(9)2)15(18)13-11-3-4-12(7-11)14(13)16;/h9-14H,3-8,16H2,1-2H3;1H. The van der Waals surface area contributed by atoms with Crippen molar-refractivity contribution < 1.29 is 4.79 Å². The van der Waals surface area contributed by atoms with Crippen molar-refractivity contribution in [1.82, 2.24) is 4.90 Å². The normalized spacial score (nSPS) is 45.1. The van der Waals surface area contributed by atoms with Gasteiger partial charge in [-0.15, -0.1) is 12.4 Å². The number of piperidine rings is 1. The maximum absolute atomic E-state index is 12.7. The minimum atomic E-state index is 0. The molecule has 1 heterocycles. The van der Waals surface area contributed by atoms with Crippen LogP contribution in [0.25, 0.3) is 0 Å². The predicted octanol–water partition coefficient (Wildman–Crippen LogP) is 2.29. The topological polar surface area (TPSA) is 46.3 Å². The molecule has 6 unspecified atom stereocenters. The van der Waals surface area contributed by atoms with E-state index in [1.165, 1.54) is 19.3 Å². The number of carbonyl (C=O) groups is 1. The van der Waals surface area contributed by atoms with Crippen molar-refractivity contribution in [2.24, 2.45) is 35.3 Å². The largest absolute Gasteiger partial charge is 0.342 e. The Labute approximate surface area is 122 Å². The Morgan fingerprint density at radius 1 is 1.11 bits per heavy atom. The Bertz CT molecular complexity index is 347. The molecule has 110 valence electrons. The summed E-state index contributed by atoms with van der Waals surface area (Å²) in [6, 6.07) is 0.144. The summed E-state index contributed by atoms with van der Waals surface area (Å²) < 4.78 is 0. The molecule has 1 amide bonds. The molecule has 1 aliphatic heterocycles. The summed E-state index contributed by atoms with van der Waals surface area (Å²) in [6.07, 6.45) is 4.85. The summed E-state index contributed by atoms with van der Waals surface area (Å²) in [7, 11) is 0. The molecular formula is C15H27ClN2O. The molecule has 6 atom stereocenters. The zero-order valence-corrected chi connectivity index (χ0v) is 12.9. The van der Waals surface area contributed by atoms with E-state index in [1.54, 1.807) is 0 Å². The first-order valence-corrected chi connectivity index (χ1v) is 7.62.